The predicted octanol–water partition coefficient (Wildman–Crippen LogP) is 2.47. The molecule has 0 radical (unpaired) electrons. The van der Waals surface area contributed by atoms with E-state index in [9.17, 15) is 0 Å². The summed E-state index contributed by atoms with van der Waals surface area (Å²) in [6.07, 6.45) is 7.90. The van der Waals surface area contributed by atoms with Crippen molar-refractivity contribution in [2.24, 2.45) is 4.99 Å². The number of hydrogen-bond donors (Lipinski definition) is 3. The highest BCUT2D eigenvalue weighted by atomic mass is 32.1. The van der Waals surface area contributed by atoms with Gasteiger partial charge in [0.1, 0.15) is 0 Å². The third-order valence-electron chi connectivity index (χ3n) is 3.73. The van der Waals surface area contributed by atoms with E-state index in [-0.39, 0.29) is 0 Å². The molecular weight excluding hydrogens is 320 g/mol. The molecule has 0 bridgehead atoms. The molecule has 0 aliphatic heterocycles. The highest BCUT2D eigenvalue weighted by Crippen LogP contribution is 2.13. The van der Waals surface area contributed by atoms with E-state index < -0.39 is 0 Å². The number of nitrogens with zero attached hydrogens (tertiary/aromatic N) is 3. The Hall–Kier alpha value is -1.89. The number of aromatic amines is 1. The molecule has 0 atom stereocenters. The Labute approximate surface area is 148 Å². The second-order valence-corrected chi connectivity index (χ2v) is 6.83. The van der Waals surface area contributed by atoms with Crippen LogP contribution in [0.4, 0.5) is 0 Å². The van der Waals surface area contributed by atoms with Gasteiger partial charge in [0.15, 0.2) is 5.96 Å². The highest BCUT2D eigenvalue weighted by Gasteiger charge is 2.03. The Bertz CT molecular complexity index is 631. The molecule has 2 rings (SSSR count). The topological polar surface area (TPSA) is 78.0 Å². The first-order chi connectivity index (χ1) is 11.7. The van der Waals surface area contributed by atoms with Gasteiger partial charge in [0.25, 0.3) is 0 Å². The van der Waals surface area contributed by atoms with Gasteiger partial charge < -0.3 is 10.6 Å². The molecule has 0 amide bonds. The zero-order valence-electron chi connectivity index (χ0n) is 14.9. The summed E-state index contributed by atoms with van der Waals surface area (Å²) in [5.41, 5.74) is 2.43. The first kappa shape index (κ1) is 18.4. The van der Waals surface area contributed by atoms with E-state index in [1.54, 1.807) is 11.3 Å². The minimum Gasteiger partial charge on any atom is -0.357 e. The van der Waals surface area contributed by atoms with Gasteiger partial charge in [-0.15, -0.1) is 11.3 Å². The van der Waals surface area contributed by atoms with Gasteiger partial charge in [0, 0.05) is 42.8 Å². The zero-order chi connectivity index (χ0) is 17.2. The summed E-state index contributed by atoms with van der Waals surface area (Å²) in [5, 5.41) is 14.9. The van der Waals surface area contributed by atoms with Crippen molar-refractivity contribution in [3.8, 4) is 0 Å². The molecule has 0 spiro atoms. The molecule has 6 nitrogen and oxygen atoms in total. The van der Waals surface area contributed by atoms with Crippen molar-refractivity contribution < 1.29 is 0 Å². The Morgan fingerprint density at radius 1 is 1.25 bits per heavy atom. The van der Waals surface area contributed by atoms with Gasteiger partial charge in [-0.25, -0.2) is 4.98 Å². The Morgan fingerprint density at radius 2 is 2.12 bits per heavy atom. The third kappa shape index (κ3) is 5.96. The standard InChI is InChI=1S/C17H28N6S/c1-4-15-12-21-16(24-15)8-10-20-17(18-5-2)19-9-6-7-14-11-22-23-13(14)3/h11-12H,4-10H2,1-3H3,(H,22,23)(H2,18,19,20). The van der Waals surface area contributed by atoms with E-state index >= 15 is 0 Å². The molecule has 7 heteroatoms. The molecule has 24 heavy (non-hydrogen) atoms. The van der Waals surface area contributed by atoms with E-state index in [1.807, 2.05) is 12.4 Å². The maximum Gasteiger partial charge on any atom is 0.191 e. The van der Waals surface area contributed by atoms with Crippen LogP contribution in [0.5, 0.6) is 0 Å². The van der Waals surface area contributed by atoms with Crippen molar-refractivity contribution in [1.82, 2.24) is 25.8 Å². The van der Waals surface area contributed by atoms with Crippen molar-refractivity contribution in [3.05, 3.63) is 33.5 Å². The van der Waals surface area contributed by atoms with Gasteiger partial charge in [0.05, 0.1) is 11.2 Å². The minimum absolute atomic E-state index is 0.803. The molecule has 0 aromatic carbocycles. The van der Waals surface area contributed by atoms with Crippen LogP contribution >= 0.6 is 11.3 Å². The van der Waals surface area contributed by atoms with Crippen LogP contribution in [0.25, 0.3) is 0 Å². The van der Waals surface area contributed by atoms with Crippen LogP contribution in [-0.4, -0.2) is 40.8 Å². The normalized spacial score (nSPS) is 11.7. The lowest BCUT2D eigenvalue weighted by molar-refractivity contribution is 0.774. The maximum atomic E-state index is 4.64. The molecule has 0 fully saturated rings. The average Bonchev–Trinajstić information content (AvgIpc) is 3.20. The molecule has 0 saturated heterocycles. The summed E-state index contributed by atoms with van der Waals surface area (Å²) in [5.74, 6) is 0.883. The molecule has 132 valence electrons. The van der Waals surface area contributed by atoms with Crippen LogP contribution in [0.1, 0.15) is 41.4 Å². The number of guanidine groups is 1. The molecule has 2 aromatic heterocycles. The predicted molar refractivity (Wildman–Crippen MR) is 101 cm³/mol. The van der Waals surface area contributed by atoms with Crippen LogP contribution < -0.4 is 10.6 Å². The molecule has 2 aromatic rings. The quantitative estimate of drug-likeness (QED) is 0.369. The number of H-pyrrole nitrogens is 1. The average molecular weight is 349 g/mol. The monoisotopic (exact) mass is 348 g/mol. The largest absolute Gasteiger partial charge is 0.357 e. The molecule has 0 saturated carbocycles. The van der Waals surface area contributed by atoms with Crippen molar-refractivity contribution in [3.63, 3.8) is 0 Å². The van der Waals surface area contributed by atoms with Crippen molar-refractivity contribution >= 4 is 17.3 Å². The van der Waals surface area contributed by atoms with Crippen LogP contribution in [0.2, 0.25) is 0 Å². The molecule has 0 aliphatic carbocycles. The lowest BCUT2D eigenvalue weighted by Gasteiger charge is -2.10. The fourth-order valence-corrected chi connectivity index (χ4v) is 3.21. The van der Waals surface area contributed by atoms with Gasteiger partial charge >= 0.3 is 0 Å². The third-order valence-corrected chi connectivity index (χ3v) is 4.94. The van der Waals surface area contributed by atoms with Gasteiger partial charge in [-0.3, -0.25) is 10.1 Å². The van der Waals surface area contributed by atoms with Crippen molar-refractivity contribution in [2.45, 2.75) is 46.5 Å². The SMILES string of the molecule is CCNC(=NCCCc1cn[nH]c1C)NCCc1ncc(CC)s1. The number of thiazole rings is 1. The van der Waals surface area contributed by atoms with Crippen LogP contribution in [0.15, 0.2) is 17.4 Å². The Morgan fingerprint density at radius 3 is 2.79 bits per heavy atom. The van der Waals surface area contributed by atoms with E-state index in [1.165, 1.54) is 15.4 Å². The fraction of sp³-hybridized carbons (Fsp3) is 0.588. The fourth-order valence-electron chi connectivity index (χ4n) is 2.34. The summed E-state index contributed by atoms with van der Waals surface area (Å²) < 4.78 is 0. The van der Waals surface area contributed by atoms with Crippen LogP contribution in [-0.2, 0) is 19.3 Å². The maximum absolute atomic E-state index is 4.64. The van der Waals surface area contributed by atoms with Crippen molar-refractivity contribution in [2.75, 3.05) is 19.6 Å². The summed E-state index contributed by atoms with van der Waals surface area (Å²) in [7, 11) is 0. The molecule has 0 aliphatic rings. The van der Waals surface area contributed by atoms with Gasteiger partial charge in [-0.2, -0.15) is 5.10 Å². The van der Waals surface area contributed by atoms with E-state index in [2.05, 4.69) is 51.6 Å². The molecule has 0 unspecified atom stereocenters. The second kappa shape index (κ2) is 10.1. The number of hydrogen-bond acceptors (Lipinski definition) is 4. The molecule has 2 heterocycles. The van der Waals surface area contributed by atoms with Gasteiger partial charge in [-0.05, 0) is 38.7 Å². The van der Waals surface area contributed by atoms with Crippen LogP contribution in [0, 0.1) is 6.92 Å². The number of aliphatic imine (C=N–C) groups is 1. The van der Waals surface area contributed by atoms with E-state index in [4.69, 9.17) is 0 Å². The number of nitrogens with one attached hydrogen (secondary N) is 3. The number of aromatic nitrogens is 3. The second-order valence-electron chi connectivity index (χ2n) is 5.64. The highest BCUT2D eigenvalue weighted by molar-refractivity contribution is 7.11. The lowest BCUT2D eigenvalue weighted by atomic mass is 10.1. The Kier molecular flexibility index (Phi) is 7.74. The summed E-state index contributed by atoms with van der Waals surface area (Å²) in [4.78, 5) is 10.4. The smallest absolute Gasteiger partial charge is 0.191 e. The summed E-state index contributed by atoms with van der Waals surface area (Å²) in [6.45, 7) is 8.82. The lowest BCUT2D eigenvalue weighted by Crippen LogP contribution is -2.38. The van der Waals surface area contributed by atoms with E-state index in [0.29, 0.717) is 0 Å². The Balaban J connectivity index is 1.72. The van der Waals surface area contributed by atoms with Gasteiger partial charge in [0.2, 0.25) is 0 Å². The number of rotatable bonds is 9. The van der Waals surface area contributed by atoms with Crippen LogP contribution in [0.3, 0.4) is 0 Å². The number of aryl methyl sites for hydroxylation is 3. The summed E-state index contributed by atoms with van der Waals surface area (Å²) in [6, 6.07) is 0. The minimum atomic E-state index is 0.803. The first-order valence-electron chi connectivity index (χ1n) is 8.67. The van der Waals surface area contributed by atoms with Gasteiger partial charge in [-0.1, -0.05) is 6.92 Å². The molecular formula is C17H28N6S. The molecule has 3 N–H and O–H groups in total. The zero-order valence-corrected chi connectivity index (χ0v) is 15.7. The summed E-state index contributed by atoms with van der Waals surface area (Å²) >= 11 is 1.80. The first-order valence-corrected chi connectivity index (χ1v) is 9.49. The van der Waals surface area contributed by atoms with Crippen molar-refractivity contribution in [1.29, 1.82) is 0 Å². The van der Waals surface area contributed by atoms with E-state index in [0.717, 1.165) is 57.0 Å².